The predicted molar refractivity (Wildman–Crippen MR) is 39.7 cm³/mol. The van der Waals surface area contributed by atoms with Gasteiger partial charge in [-0.15, -0.1) is 11.6 Å². The van der Waals surface area contributed by atoms with Gasteiger partial charge in [-0.25, -0.2) is 0 Å². The van der Waals surface area contributed by atoms with Crippen molar-refractivity contribution in [3.05, 3.63) is 0 Å². The van der Waals surface area contributed by atoms with Gasteiger partial charge in [0.2, 0.25) is 11.8 Å². The van der Waals surface area contributed by atoms with Crippen LogP contribution in [-0.2, 0) is 9.59 Å². The minimum absolute atomic E-state index is 0.144. The van der Waals surface area contributed by atoms with E-state index >= 15 is 0 Å². The van der Waals surface area contributed by atoms with Gasteiger partial charge in [0, 0.05) is 5.38 Å². The SMILES string of the molecule is NC(=O)C1(C(N)=O)CC(Cl)C1. The lowest BCUT2D eigenvalue weighted by Gasteiger charge is -2.39. The van der Waals surface area contributed by atoms with Crippen LogP contribution in [0.15, 0.2) is 0 Å². The number of hydrogen-bond donors (Lipinski definition) is 2. The summed E-state index contributed by atoms with van der Waals surface area (Å²) in [5.74, 6) is -1.33. The fourth-order valence-electron chi connectivity index (χ4n) is 1.22. The van der Waals surface area contributed by atoms with Gasteiger partial charge in [-0.05, 0) is 12.8 Å². The molecule has 2 amide bonds. The van der Waals surface area contributed by atoms with E-state index in [-0.39, 0.29) is 18.2 Å². The molecule has 1 rings (SSSR count). The summed E-state index contributed by atoms with van der Waals surface area (Å²) in [5, 5.41) is -0.144. The lowest BCUT2D eigenvalue weighted by atomic mass is 9.67. The lowest BCUT2D eigenvalue weighted by Crippen LogP contribution is -2.56. The maximum Gasteiger partial charge on any atom is 0.233 e. The van der Waals surface area contributed by atoms with Crippen LogP contribution >= 0.6 is 11.6 Å². The average molecular weight is 177 g/mol. The number of amides is 2. The Balaban J connectivity index is 2.77. The minimum atomic E-state index is -1.16. The molecule has 4 nitrogen and oxygen atoms in total. The molecule has 0 atom stereocenters. The van der Waals surface area contributed by atoms with Crippen molar-refractivity contribution in [2.24, 2.45) is 16.9 Å². The Morgan fingerprint density at radius 3 is 1.73 bits per heavy atom. The molecule has 0 aromatic rings. The first kappa shape index (κ1) is 8.33. The molecule has 0 aromatic heterocycles. The van der Waals surface area contributed by atoms with E-state index in [1.807, 2.05) is 0 Å². The van der Waals surface area contributed by atoms with Crippen LogP contribution in [-0.4, -0.2) is 17.2 Å². The van der Waals surface area contributed by atoms with Crippen molar-refractivity contribution in [1.82, 2.24) is 0 Å². The van der Waals surface area contributed by atoms with Gasteiger partial charge in [-0.1, -0.05) is 0 Å². The molecule has 1 aliphatic carbocycles. The van der Waals surface area contributed by atoms with E-state index in [9.17, 15) is 9.59 Å². The molecule has 1 saturated carbocycles. The molecule has 4 N–H and O–H groups in total. The molecule has 62 valence electrons. The number of alkyl halides is 1. The summed E-state index contributed by atoms with van der Waals surface area (Å²) in [6.07, 6.45) is 0.554. The molecule has 0 unspecified atom stereocenters. The Labute approximate surface area is 68.9 Å². The highest BCUT2D eigenvalue weighted by Gasteiger charge is 2.53. The Kier molecular flexibility index (Phi) is 1.80. The van der Waals surface area contributed by atoms with Crippen molar-refractivity contribution in [2.45, 2.75) is 18.2 Å². The van der Waals surface area contributed by atoms with E-state index in [1.165, 1.54) is 0 Å². The summed E-state index contributed by atoms with van der Waals surface area (Å²) < 4.78 is 0. The van der Waals surface area contributed by atoms with Crippen molar-refractivity contribution >= 4 is 23.4 Å². The van der Waals surface area contributed by atoms with Gasteiger partial charge >= 0.3 is 0 Å². The quantitative estimate of drug-likeness (QED) is 0.433. The minimum Gasteiger partial charge on any atom is -0.369 e. The number of primary amides is 2. The molecule has 0 aliphatic heterocycles. The van der Waals surface area contributed by atoms with Gasteiger partial charge in [0.15, 0.2) is 0 Å². The Morgan fingerprint density at radius 2 is 1.64 bits per heavy atom. The normalized spacial score (nSPS) is 22.3. The van der Waals surface area contributed by atoms with Gasteiger partial charge in [-0.2, -0.15) is 0 Å². The molecular formula is C6H9ClN2O2. The smallest absolute Gasteiger partial charge is 0.233 e. The van der Waals surface area contributed by atoms with Gasteiger partial charge in [0.1, 0.15) is 5.41 Å². The van der Waals surface area contributed by atoms with Crippen LogP contribution in [0.25, 0.3) is 0 Å². The summed E-state index contributed by atoms with van der Waals surface area (Å²) >= 11 is 5.61. The highest BCUT2D eigenvalue weighted by Crippen LogP contribution is 2.43. The molecule has 1 aliphatic rings. The number of hydrogen-bond acceptors (Lipinski definition) is 2. The van der Waals surface area contributed by atoms with E-state index < -0.39 is 17.2 Å². The van der Waals surface area contributed by atoms with E-state index in [0.717, 1.165) is 0 Å². The molecule has 5 heteroatoms. The largest absolute Gasteiger partial charge is 0.369 e. The molecule has 0 radical (unpaired) electrons. The molecule has 0 heterocycles. The third-order valence-electron chi connectivity index (χ3n) is 2.08. The van der Waals surface area contributed by atoms with Gasteiger partial charge in [0.05, 0.1) is 0 Å². The zero-order valence-corrected chi connectivity index (χ0v) is 6.60. The second-order valence-corrected chi connectivity index (χ2v) is 3.43. The van der Waals surface area contributed by atoms with Crippen molar-refractivity contribution in [3.63, 3.8) is 0 Å². The Morgan fingerprint density at radius 1 is 1.27 bits per heavy atom. The maximum absolute atomic E-state index is 10.8. The topological polar surface area (TPSA) is 86.2 Å². The zero-order chi connectivity index (χ0) is 8.65. The fraction of sp³-hybridized carbons (Fsp3) is 0.667. The van der Waals surface area contributed by atoms with Crippen LogP contribution in [0.4, 0.5) is 0 Å². The number of carbonyl (C=O) groups is 2. The molecule has 0 aromatic carbocycles. The summed E-state index contributed by atoms with van der Waals surface area (Å²) in [5.41, 5.74) is 8.83. The second kappa shape index (κ2) is 2.37. The van der Waals surface area contributed by atoms with Crippen LogP contribution < -0.4 is 11.5 Å². The zero-order valence-electron chi connectivity index (χ0n) is 5.84. The third kappa shape index (κ3) is 1.07. The van der Waals surface area contributed by atoms with Crippen LogP contribution in [0.5, 0.6) is 0 Å². The summed E-state index contributed by atoms with van der Waals surface area (Å²) in [6.45, 7) is 0. The molecular weight excluding hydrogens is 168 g/mol. The monoisotopic (exact) mass is 176 g/mol. The van der Waals surface area contributed by atoms with E-state index in [4.69, 9.17) is 23.1 Å². The van der Waals surface area contributed by atoms with Crippen molar-refractivity contribution in [2.75, 3.05) is 0 Å². The first-order valence-electron chi connectivity index (χ1n) is 3.23. The van der Waals surface area contributed by atoms with Crippen LogP contribution in [0, 0.1) is 5.41 Å². The third-order valence-corrected chi connectivity index (χ3v) is 2.39. The predicted octanol–water partition coefficient (Wildman–Crippen LogP) is -0.655. The van der Waals surface area contributed by atoms with E-state index in [2.05, 4.69) is 0 Å². The Hall–Kier alpha value is -0.770. The first-order valence-corrected chi connectivity index (χ1v) is 3.66. The van der Waals surface area contributed by atoms with E-state index in [1.54, 1.807) is 0 Å². The molecule has 0 spiro atoms. The highest BCUT2D eigenvalue weighted by molar-refractivity contribution is 6.23. The van der Waals surface area contributed by atoms with Crippen molar-refractivity contribution in [3.8, 4) is 0 Å². The Bertz CT molecular complexity index is 195. The number of halogens is 1. The standard InChI is InChI=1S/C6H9ClN2O2/c7-3-1-6(2-3,4(8)10)5(9)11/h3H,1-2H2,(H2,8,10)(H2,9,11). The van der Waals surface area contributed by atoms with Gasteiger partial charge < -0.3 is 11.5 Å². The van der Waals surface area contributed by atoms with Crippen molar-refractivity contribution in [1.29, 1.82) is 0 Å². The first-order chi connectivity index (χ1) is 4.99. The second-order valence-electron chi connectivity index (χ2n) is 2.82. The summed E-state index contributed by atoms with van der Waals surface area (Å²) in [4.78, 5) is 21.5. The molecule has 11 heavy (non-hydrogen) atoms. The highest BCUT2D eigenvalue weighted by atomic mass is 35.5. The fourth-order valence-corrected chi connectivity index (χ4v) is 1.75. The lowest BCUT2D eigenvalue weighted by molar-refractivity contribution is -0.145. The van der Waals surface area contributed by atoms with Crippen LogP contribution in [0.1, 0.15) is 12.8 Å². The van der Waals surface area contributed by atoms with Crippen LogP contribution in [0.3, 0.4) is 0 Å². The summed E-state index contributed by atoms with van der Waals surface area (Å²) in [7, 11) is 0. The van der Waals surface area contributed by atoms with Gasteiger partial charge in [-0.3, -0.25) is 9.59 Å². The van der Waals surface area contributed by atoms with Crippen molar-refractivity contribution < 1.29 is 9.59 Å². The molecule has 0 bridgehead atoms. The number of rotatable bonds is 2. The average Bonchev–Trinajstić information content (AvgIpc) is 1.78. The number of nitrogens with two attached hydrogens (primary N) is 2. The molecule has 0 saturated heterocycles. The maximum atomic E-state index is 10.8. The van der Waals surface area contributed by atoms with Gasteiger partial charge in [0.25, 0.3) is 0 Å². The van der Waals surface area contributed by atoms with E-state index in [0.29, 0.717) is 0 Å². The van der Waals surface area contributed by atoms with Crippen LogP contribution in [0.2, 0.25) is 0 Å². The summed E-state index contributed by atoms with van der Waals surface area (Å²) in [6, 6.07) is 0. The molecule has 1 fully saturated rings. The number of carbonyl (C=O) groups excluding carboxylic acids is 2.